The maximum atomic E-state index is 12.1. The molecule has 1 N–H and O–H groups in total. The number of nitrogens with one attached hydrogen (secondary N) is 1. The number of hydrogen-bond acceptors (Lipinski definition) is 5. The summed E-state index contributed by atoms with van der Waals surface area (Å²) in [6.07, 6.45) is 3.46. The van der Waals surface area contributed by atoms with Crippen LogP contribution in [0.5, 0.6) is 0 Å². The lowest BCUT2D eigenvalue weighted by Gasteiger charge is -2.14. The summed E-state index contributed by atoms with van der Waals surface area (Å²) >= 11 is 1.56. The first-order chi connectivity index (χ1) is 11.1. The molecule has 1 amide bonds. The minimum Gasteiger partial charge on any atom is -0.349 e. The van der Waals surface area contributed by atoms with Gasteiger partial charge in [0.1, 0.15) is 12.7 Å². The Morgan fingerprint density at radius 3 is 2.74 bits per heavy atom. The van der Waals surface area contributed by atoms with Gasteiger partial charge >= 0.3 is 0 Å². The number of carbonyl (C=O) groups excluding carboxylic acids is 1. The Balaban J connectivity index is 1.61. The van der Waals surface area contributed by atoms with Crippen LogP contribution in [0.15, 0.2) is 42.3 Å². The standard InChI is InChI=1S/C16H17N5OS/c1-11(19-16(22)7-14-8-23-12(2)20-14)13-3-5-15(6-4-13)21-10-17-9-18-21/h3-6,8-11H,7H2,1-2H3,(H,19,22). The van der Waals surface area contributed by atoms with Crippen LogP contribution < -0.4 is 5.32 Å². The number of aromatic nitrogens is 4. The van der Waals surface area contributed by atoms with E-state index in [2.05, 4.69) is 20.4 Å². The minimum absolute atomic E-state index is 0.0249. The van der Waals surface area contributed by atoms with Crippen molar-refractivity contribution < 1.29 is 4.79 Å². The molecule has 0 aliphatic rings. The first-order valence-corrected chi connectivity index (χ1v) is 8.15. The van der Waals surface area contributed by atoms with E-state index in [-0.39, 0.29) is 11.9 Å². The summed E-state index contributed by atoms with van der Waals surface area (Å²) in [4.78, 5) is 20.3. The van der Waals surface area contributed by atoms with E-state index in [1.807, 2.05) is 43.5 Å². The highest BCUT2D eigenvalue weighted by atomic mass is 32.1. The maximum Gasteiger partial charge on any atom is 0.226 e. The molecule has 7 heteroatoms. The van der Waals surface area contributed by atoms with Gasteiger partial charge in [-0.05, 0) is 31.5 Å². The molecular formula is C16H17N5OS. The molecule has 118 valence electrons. The molecule has 23 heavy (non-hydrogen) atoms. The third kappa shape index (κ3) is 3.81. The number of hydrogen-bond donors (Lipinski definition) is 1. The van der Waals surface area contributed by atoms with Crippen molar-refractivity contribution in [2.45, 2.75) is 26.3 Å². The quantitative estimate of drug-likeness (QED) is 0.781. The van der Waals surface area contributed by atoms with Crippen molar-refractivity contribution in [3.63, 3.8) is 0 Å². The van der Waals surface area contributed by atoms with E-state index in [1.54, 1.807) is 22.3 Å². The van der Waals surface area contributed by atoms with E-state index in [0.29, 0.717) is 6.42 Å². The Hall–Kier alpha value is -2.54. The van der Waals surface area contributed by atoms with Crippen LogP contribution in [0.3, 0.4) is 0 Å². The van der Waals surface area contributed by atoms with Crippen LogP contribution in [0.2, 0.25) is 0 Å². The van der Waals surface area contributed by atoms with Gasteiger partial charge in [-0.1, -0.05) is 12.1 Å². The Morgan fingerprint density at radius 2 is 2.13 bits per heavy atom. The zero-order valence-electron chi connectivity index (χ0n) is 12.9. The van der Waals surface area contributed by atoms with Crippen LogP contribution in [0.1, 0.15) is 29.2 Å². The number of thiazole rings is 1. The first kappa shape index (κ1) is 15.4. The third-order valence-corrected chi connectivity index (χ3v) is 4.28. The summed E-state index contributed by atoms with van der Waals surface area (Å²) < 4.78 is 1.69. The molecular weight excluding hydrogens is 310 g/mol. The molecule has 0 fully saturated rings. The molecule has 0 aliphatic heterocycles. The van der Waals surface area contributed by atoms with E-state index < -0.39 is 0 Å². The van der Waals surface area contributed by atoms with Gasteiger partial charge in [0.05, 0.1) is 28.9 Å². The molecule has 0 bridgehead atoms. The van der Waals surface area contributed by atoms with Crippen molar-refractivity contribution >= 4 is 17.2 Å². The highest BCUT2D eigenvalue weighted by molar-refractivity contribution is 7.09. The van der Waals surface area contributed by atoms with Gasteiger partial charge in [0.25, 0.3) is 0 Å². The number of nitrogens with zero attached hydrogens (tertiary/aromatic N) is 4. The summed E-state index contributed by atoms with van der Waals surface area (Å²) in [5.74, 6) is -0.0249. The van der Waals surface area contributed by atoms with Crippen LogP contribution >= 0.6 is 11.3 Å². The number of carbonyl (C=O) groups is 1. The average Bonchev–Trinajstić information content (AvgIpc) is 3.19. The van der Waals surface area contributed by atoms with Crippen molar-refractivity contribution in [3.05, 3.63) is 58.6 Å². The summed E-state index contributed by atoms with van der Waals surface area (Å²) in [5, 5.41) is 9.99. The molecule has 2 aromatic heterocycles. The van der Waals surface area contributed by atoms with Gasteiger partial charge in [-0.25, -0.2) is 14.6 Å². The van der Waals surface area contributed by atoms with Crippen molar-refractivity contribution in [2.24, 2.45) is 0 Å². The van der Waals surface area contributed by atoms with Gasteiger partial charge in [0.15, 0.2) is 0 Å². The largest absolute Gasteiger partial charge is 0.349 e. The molecule has 0 spiro atoms. The van der Waals surface area contributed by atoms with Crippen LogP contribution in [-0.2, 0) is 11.2 Å². The molecule has 0 saturated carbocycles. The number of rotatable bonds is 5. The second-order valence-electron chi connectivity index (χ2n) is 5.26. The van der Waals surface area contributed by atoms with Crippen LogP contribution in [0.25, 0.3) is 5.69 Å². The normalized spacial score (nSPS) is 12.1. The highest BCUT2D eigenvalue weighted by Crippen LogP contribution is 2.16. The van der Waals surface area contributed by atoms with Gasteiger partial charge in [0, 0.05) is 5.38 Å². The number of amides is 1. The molecule has 3 rings (SSSR count). The fraction of sp³-hybridized carbons (Fsp3) is 0.250. The predicted octanol–water partition coefficient (Wildman–Crippen LogP) is 2.45. The van der Waals surface area contributed by atoms with Crippen LogP contribution in [0, 0.1) is 6.92 Å². The third-order valence-electron chi connectivity index (χ3n) is 3.46. The van der Waals surface area contributed by atoms with Gasteiger partial charge in [-0.15, -0.1) is 11.3 Å². The molecule has 6 nitrogen and oxygen atoms in total. The molecule has 1 atom stereocenters. The summed E-state index contributed by atoms with van der Waals surface area (Å²) in [5.41, 5.74) is 2.79. The number of aryl methyl sites for hydroxylation is 1. The summed E-state index contributed by atoms with van der Waals surface area (Å²) in [7, 11) is 0. The predicted molar refractivity (Wildman–Crippen MR) is 88.5 cm³/mol. The van der Waals surface area contributed by atoms with E-state index in [4.69, 9.17) is 0 Å². The van der Waals surface area contributed by atoms with Crippen molar-refractivity contribution in [1.82, 2.24) is 25.1 Å². The molecule has 0 saturated heterocycles. The molecule has 0 radical (unpaired) electrons. The van der Waals surface area contributed by atoms with Crippen molar-refractivity contribution in [2.75, 3.05) is 0 Å². The monoisotopic (exact) mass is 327 g/mol. The molecule has 1 aromatic carbocycles. The lowest BCUT2D eigenvalue weighted by Crippen LogP contribution is -2.28. The second kappa shape index (κ2) is 6.70. The number of benzene rings is 1. The molecule has 2 heterocycles. The van der Waals surface area contributed by atoms with Gasteiger partial charge in [0.2, 0.25) is 5.91 Å². The lowest BCUT2D eigenvalue weighted by atomic mass is 10.1. The summed E-state index contributed by atoms with van der Waals surface area (Å²) in [6.45, 7) is 3.90. The van der Waals surface area contributed by atoms with E-state index in [1.165, 1.54) is 6.33 Å². The highest BCUT2D eigenvalue weighted by Gasteiger charge is 2.11. The Morgan fingerprint density at radius 1 is 1.35 bits per heavy atom. The molecule has 1 unspecified atom stereocenters. The zero-order valence-corrected chi connectivity index (χ0v) is 13.7. The van der Waals surface area contributed by atoms with Gasteiger partial charge in [-0.3, -0.25) is 4.79 Å². The first-order valence-electron chi connectivity index (χ1n) is 7.27. The average molecular weight is 327 g/mol. The smallest absolute Gasteiger partial charge is 0.226 e. The zero-order chi connectivity index (χ0) is 16.2. The maximum absolute atomic E-state index is 12.1. The van der Waals surface area contributed by atoms with E-state index in [9.17, 15) is 4.79 Å². The Labute approximate surface area is 138 Å². The van der Waals surface area contributed by atoms with Crippen LogP contribution in [-0.4, -0.2) is 25.7 Å². The fourth-order valence-electron chi connectivity index (χ4n) is 2.29. The van der Waals surface area contributed by atoms with Crippen LogP contribution in [0.4, 0.5) is 0 Å². The minimum atomic E-state index is -0.0629. The second-order valence-corrected chi connectivity index (χ2v) is 6.32. The van der Waals surface area contributed by atoms with Gasteiger partial charge < -0.3 is 5.32 Å². The SMILES string of the molecule is Cc1nc(CC(=O)NC(C)c2ccc(-n3cncn3)cc2)cs1. The topological polar surface area (TPSA) is 72.7 Å². The molecule has 0 aliphatic carbocycles. The van der Waals surface area contributed by atoms with Crippen molar-refractivity contribution in [3.8, 4) is 5.69 Å². The Bertz CT molecular complexity index is 779. The van der Waals surface area contributed by atoms with Gasteiger partial charge in [-0.2, -0.15) is 5.10 Å². The fourth-order valence-corrected chi connectivity index (χ4v) is 2.90. The lowest BCUT2D eigenvalue weighted by molar-refractivity contribution is -0.121. The van der Waals surface area contributed by atoms with Crippen molar-refractivity contribution in [1.29, 1.82) is 0 Å². The van der Waals surface area contributed by atoms with E-state index in [0.717, 1.165) is 22.0 Å². The summed E-state index contributed by atoms with van der Waals surface area (Å²) in [6, 6.07) is 7.81. The van der Waals surface area contributed by atoms with E-state index >= 15 is 0 Å². The Kier molecular flexibility index (Phi) is 4.47. The molecule has 3 aromatic rings.